The minimum Gasteiger partial charge on any atom is -0.462 e. The lowest BCUT2D eigenvalue weighted by molar-refractivity contribution is -0.132. The zero-order valence-corrected chi connectivity index (χ0v) is 16.7. The van der Waals surface area contributed by atoms with Crippen molar-refractivity contribution in [2.24, 2.45) is 0 Å². The number of nitrogens with one attached hydrogen (secondary N) is 1. The Morgan fingerprint density at radius 3 is 2.50 bits per heavy atom. The number of amides is 1. The van der Waals surface area contributed by atoms with Gasteiger partial charge >= 0.3 is 5.97 Å². The molecule has 0 aromatic carbocycles. The Hall–Kier alpha value is -2.19. The monoisotopic (exact) mass is 391 g/mol. The van der Waals surface area contributed by atoms with E-state index in [4.69, 9.17) is 9.47 Å². The van der Waals surface area contributed by atoms with Crippen LogP contribution >= 0.6 is 0 Å². The molecule has 0 saturated carbocycles. The summed E-state index contributed by atoms with van der Waals surface area (Å²) in [5.74, 6) is -0.539. The molecule has 0 bridgehead atoms. The number of hydrogen-bond donors (Lipinski definition) is 1. The number of aromatic nitrogens is 1. The number of likely N-dealkylation sites (tertiary alicyclic amines) is 1. The van der Waals surface area contributed by atoms with E-state index in [1.807, 2.05) is 4.90 Å². The van der Waals surface area contributed by atoms with E-state index in [1.54, 1.807) is 13.8 Å². The first-order valence-corrected chi connectivity index (χ1v) is 9.98. The lowest BCUT2D eigenvalue weighted by Gasteiger charge is -2.40. The van der Waals surface area contributed by atoms with Crippen LogP contribution in [0.4, 0.5) is 0 Å². The fraction of sp³-hybridized carbons (Fsp3) is 0.650. The Labute approximate surface area is 165 Å². The van der Waals surface area contributed by atoms with Crippen molar-refractivity contribution in [3.05, 3.63) is 22.5 Å². The molecule has 28 heavy (non-hydrogen) atoms. The summed E-state index contributed by atoms with van der Waals surface area (Å²) in [4.78, 5) is 43.6. The van der Waals surface area contributed by atoms with Gasteiger partial charge in [0.15, 0.2) is 6.29 Å². The van der Waals surface area contributed by atoms with Gasteiger partial charge in [0.2, 0.25) is 5.91 Å². The van der Waals surface area contributed by atoms with Gasteiger partial charge in [-0.1, -0.05) is 0 Å². The molecule has 154 valence electrons. The largest absolute Gasteiger partial charge is 0.462 e. The fourth-order valence-corrected chi connectivity index (χ4v) is 4.10. The number of esters is 1. The quantitative estimate of drug-likeness (QED) is 0.578. The van der Waals surface area contributed by atoms with Crippen molar-refractivity contribution in [3.63, 3.8) is 0 Å². The highest BCUT2D eigenvalue weighted by atomic mass is 16.5. The molecule has 0 spiro atoms. The molecule has 0 aliphatic carbocycles. The van der Waals surface area contributed by atoms with Crippen LogP contribution in [0.15, 0.2) is 0 Å². The first kappa shape index (κ1) is 20.5. The number of carbonyl (C=O) groups excluding carboxylic acids is 3. The SMILES string of the molecule is CCOC(=O)c1c(CC(=O)N2CCC(N3CCOCC3)CC2)[nH]c(C=O)c1C. The summed E-state index contributed by atoms with van der Waals surface area (Å²) in [6, 6.07) is 0.498. The number of aldehydes is 1. The van der Waals surface area contributed by atoms with E-state index >= 15 is 0 Å². The number of carbonyl (C=O) groups is 3. The molecular formula is C20H29N3O5. The van der Waals surface area contributed by atoms with E-state index in [1.165, 1.54) is 0 Å². The molecule has 2 saturated heterocycles. The van der Waals surface area contributed by atoms with Crippen molar-refractivity contribution >= 4 is 18.2 Å². The summed E-state index contributed by atoms with van der Waals surface area (Å²) in [5, 5.41) is 0. The smallest absolute Gasteiger partial charge is 0.340 e. The van der Waals surface area contributed by atoms with Crippen molar-refractivity contribution < 1.29 is 23.9 Å². The summed E-state index contributed by atoms with van der Waals surface area (Å²) < 4.78 is 10.5. The first-order valence-electron chi connectivity index (χ1n) is 9.98. The van der Waals surface area contributed by atoms with Gasteiger partial charge in [0.05, 0.1) is 37.5 Å². The third-order valence-corrected chi connectivity index (χ3v) is 5.67. The second-order valence-corrected chi connectivity index (χ2v) is 7.29. The predicted molar refractivity (Wildman–Crippen MR) is 103 cm³/mol. The minimum atomic E-state index is -0.502. The molecule has 1 N–H and O–H groups in total. The summed E-state index contributed by atoms with van der Waals surface area (Å²) in [6.45, 7) is 8.53. The number of hydrogen-bond acceptors (Lipinski definition) is 6. The van der Waals surface area contributed by atoms with Crippen molar-refractivity contribution in [3.8, 4) is 0 Å². The van der Waals surface area contributed by atoms with E-state index in [0.29, 0.717) is 47.9 Å². The molecule has 8 heteroatoms. The second-order valence-electron chi connectivity index (χ2n) is 7.29. The normalized spacial score (nSPS) is 18.9. The van der Waals surface area contributed by atoms with Crippen LogP contribution in [0.5, 0.6) is 0 Å². The van der Waals surface area contributed by atoms with Gasteiger partial charge < -0.3 is 19.4 Å². The Bertz CT molecular complexity index is 716. The highest BCUT2D eigenvalue weighted by molar-refractivity contribution is 5.97. The Kier molecular flexibility index (Phi) is 6.85. The van der Waals surface area contributed by atoms with Crippen LogP contribution in [-0.2, 0) is 20.7 Å². The van der Waals surface area contributed by atoms with E-state index in [9.17, 15) is 14.4 Å². The van der Waals surface area contributed by atoms with Crippen LogP contribution in [0.25, 0.3) is 0 Å². The molecule has 2 fully saturated rings. The lowest BCUT2D eigenvalue weighted by atomic mass is 10.0. The highest BCUT2D eigenvalue weighted by Gasteiger charge is 2.29. The zero-order valence-electron chi connectivity index (χ0n) is 16.7. The number of morpholine rings is 1. The number of H-pyrrole nitrogens is 1. The molecular weight excluding hydrogens is 362 g/mol. The molecule has 0 atom stereocenters. The van der Waals surface area contributed by atoms with Crippen LogP contribution in [0.1, 0.15) is 51.9 Å². The highest BCUT2D eigenvalue weighted by Crippen LogP contribution is 2.22. The van der Waals surface area contributed by atoms with Crippen molar-refractivity contribution in [2.75, 3.05) is 46.0 Å². The maximum absolute atomic E-state index is 12.8. The molecule has 1 aromatic rings. The Morgan fingerprint density at radius 2 is 1.89 bits per heavy atom. The maximum Gasteiger partial charge on any atom is 0.340 e. The number of piperidine rings is 1. The molecule has 2 aliphatic rings. The third-order valence-electron chi connectivity index (χ3n) is 5.67. The van der Waals surface area contributed by atoms with Crippen molar-refractivity contribution in [1.82, 2.24) is 14.8 Å². The molecule has 1 amide bonds. The fourth-order valence-electron chi connectivity index (χ4n) is 4.10. The van der Waals surface area contributed by atoms with Crippen LogP contribution in [0, 0.1) is 6.92 Å². The molecule has 8 nitrogen and oxygen atoms in total. The number of ether oxygens (including phenoxy) is 2. The van der Waals surface area contributed by atoms with Gasteiger partial charge in [-0.05, 0) is 32.3 Å². The number of rotatable bonds is 6. The first-order chi connectivity index (χ1) is 13.5. The molecule has 1 aromatic heterocycles. The summed E-state index contributed by atoms with van der Waals surface area (Å²) >= 11 is 0. The van der Waals surface area contributed by atoms with Gasteiger partial charge in [-0.25, -0.2) is 4.79 Å². The van der Waals surface area contributed by atoms with Gasteiger partial charge in [0.25, 0.3) is 0 Å². The average molecular weight is 391 g/mol. The van der Waals surface area contributed by atoms with E-state index in [0.717, 1.165) is 39.1 Å². The average Bonchev–Trinajstić information content (AvgIpc) is 3.04. The van der Waals surface area contributed by atoms with Gasteiger partial charge in [0, 0.05) is 37.9 Å². The van der Waals surface area contributed by atoms with Crippen LogP contribution in [-0.4, -0.2) is 85.0 Å². The van der Waals surface area contributed by atoms with Gasteiger partial charge in [0.1, 0.15) is 0 Å². The summed E-state index contributed by atoms with van der Waals surface area (Å²) in [6.07, 6.45) is 2.62. The Morgan fingerprint density at radius 1 is 1.21 bits per heavy atom. The topological polar surface area (TPSA) is 91.9 Å². The third kappa shape index (κ3) is 4.44. The van der Waals surface area contributed by atoms with Crippen molar-refractivity contribution in [2.45, 2.75) is 39.2 Å². The molecule has 0 radical (unpaired) electrons. The van der Waals surface area contributed by atoms with Gasteiger partial charge in [-0.2, -0.15) is 0 Å². The molecule has 3 rings (SSSR count). The Balaban J connectivity index is 1.63. The predicted octanol–water partition coefficient (Wildman–Crippen LogP) is 1.18. The standard InChI is InChI=1S/C20H29N3O5/c1-3-28-20(26)19-14(2)17(13-24)21-16(19)12-18(25)23-6-4-15(5-7-23)22-8-10-27-11-9-22/h13,15,21H,3-12H2,1-2H3. The zero-order chi connectivity index (χ0) is 20.1. The van der Waals surface area contributed by atoms with Crippen LogP contribution in [0.2, 0.25) is 0 Å². The lowest BCUT2D eigenvalue weighted by Crippen LogP contribution is -2.50. The van der Waals surface area contributed by atoms with Gasteiger partial charge in [-0.3, -0.25) is 14.5 Å². The maximum atomic E-state index is 12.8. The van der Waals surface area contributed by atoms with Gasteiger partial charge in [-0.15, -0.1) is 0 Å². The van der Waals surface area contributed by atoms with E-state index in [2.05, 4.69) is 9.88 Å². The van der Waals surface area contributed by atoms with E-state index < -0.39 is 5.97 Å². The molecule has 0 unspecified atom stereocenters. The van der Waals surface area contributed by atoms with Crippen LogP contribution < -0.4 is 0 Å². The van der Waals surface area contributed by atoms with E-state index in [-0.39, 0.29) is 18.9 Å². The van der Waals surface area contributed by atoms with Crippen LogP contribution in [0.3, 0.4) is 0 Å². The second kappa shape index (κ2) is 9.34. The number of nitrogens with zero attached hydrogens (tertiary/aromatic N) is 2. The molecule has 3 heterocycles. The summed E-state index contributed by atoms with van der Waals surface area (Å²) in [7, 11) is 0. The summed E-state index contributed by atoms with van der Waals surface area (Å²) in [5.41, 5.74) is 1.61. The van der Waals surface area contributed by atoms with Crippen molar-refractivity contribution in [1.29, 1.82) is 0 Å². The minimum absolute atomic E-state index is 0.0373. The molecule has 2 aliphatic heterocycles. The number of aromatic amines is 1.